The van der Waals surface area contributed by atoms with Crippen molar-refractivity contribution in [2.45, 2.75) is 12.6 Å². The number of alkyl halides is 3. The monoisotopic (exact) mass is 278 g/mol. The molecule has 3 nitrogen and oxygen atoms in total. The van der Waals surface area contributed by atoms with Gasteiger partial charge in [0.1, 0.15) is 0 Å². The van der Waals surface area contributed by atoms with Gasteiger partial charge in [-0.25, -0.2) is 0 Å². The first kappa shape index (κ1) is 13.9. The Kier molecular flexibility index (Phi) is 3.61. The van der Waals surface area contributed by atoms with Gasteiger partial charge in [0, 0.05) is 11.3 Å². The van der Waals surface area contributed by atoms with Gasteiger partial charge in [0.05, 0.1) is 18.1 Å². The first-order valence-corrected chi connectivity index (χ1v) is 5.68. The van der Waals surface area contributed by atoms with Gasteiger partial charge in [-0.1, -0.05) is 12.1 Å². The van der Waals surface area contributed by atoms with Crippen LogP contribution in [-0.4, -0.2) is 4.98 Å². The molecule has 20 heavy (non-hydrogen) atoms. The van der Waals surface area contributed by atoms with Crippen molar-refractivity contribution in [1.29, 1.82) is 5.26 Å². The maximum absolute atomic E-state index is 12.4. The van der Waals surface area contributed by atoms with Crippen LogP contribution in [-0.2, 0) is 12.6 Å². The molecular weight excluding hydrogens is 269 g/mol. The molecule has 0 unspecified atom stereocenters. The van der Waals surface area contributed by atoms with E-state index in [9.17, 15) is 18.0 Å². The molecule has 2 rings (SSSR count). The van der Waals surface area contributed by atoms with Crippen molar-refractivity contribution in [2.24, 2.45) is 0 Å². The lowest BCUT2D eigenvalue weighted by Crippen LogP contribution is -2.11. The first-order valence-electron chi connectivity index (χ1n) is 5.68. The van der Waals surface area contributed by atoms with Gasteiger partial charge in [-0.3, -0.25) is 4.79 Å². The number of aromatic amines is 1. The molecule has 1 N–H and O–H groups in total. The van der Waals surface area contributed by atoms with Crippen LogP contribution >= 0.6 is 0 Å². The summed E-state index contributed by atoms with van der Waals surface area (Å²) in [6.07, 6.45) is -4.33. The van der Waals surface area contributed by atoms with Crippen molar-refractivity contribution in [2.75, 3.05) is 0 Å². The normalized spacial score (nSPS) is 11.1. The van der Waals surface area contributed by atoms with Gasteiger partial charge in [0.25, 0.3) is 5.56 Å². The molecule has 1 aromatic heterocycles. The number of nitrogens with one attached hydrogen (secondary N) is 1. The Balaban J connectivity index is 2.38. The van der Waals surface area contributed by atoms with E-state index >= 15 is 0 Å². The highest BCUT2D eigenvalue weighted by Gasteiger charge is 2.30. The average molecular weight is 278 g/mol. The number of aromatic nitrogens is 1. The number of rotatable bonds is 2. The Morgan fingerprint density at radius 1 is 1.10 bits per heavy atom. The van der Waals surface area contributed by atoms with Gasteiger partial charge >= 0.3 is 6.18 Å². The molecular formula is C14H9F3N2O. The van der Waals surface area contributed by atoms with E-state index in [0.717, 1.165) is 12.1 Å². The number of pyridine rings is 1. The second-order valence-electron chi connectivity index (χ2n) is 4.14. The molecule has 6 heteroatoms. The van der Waals surface area contributed by atoms with E-state index in [-0.39, 0.29) is 12.0 Å². The van der Waals surface area contributed by atoms with Crippen LogP contribution in [0.15, 0.2) is 41.2 Å². The molecule has 0 amide bonds. The maximum atomic E-state index is 12.4. The van der Waals surface area contributed by atoms with E-state index in [1.54, 1.807) is 6.07 Å². The summed E-state index contributed by atoms with van der Waals surface area (Å²) >= 11 is 0. The van der Waals surface area contributed by atoms with Crippen LogP contribution < -0.4 is 5.56 Å². The predicted molar refractivity (Wildman–Crippen MR) is 66.8 cm³/mol. The Morgan fingerprint density at radius 3 is 2.25 bits per heavy atom. The Hall–Kier alpha value is -2.55. The lowest BCUT2D eigenvalue weighted by atomic mass is 10.0. The summed E-state index contributed by atoms with van der Waals surface area (Å²) in [7, 11) is 0. The van der Waals surface area contributed by atoms with Crippen molar-refractivity contribution in [1.82, 2.24) is 4.98 Å². The van der Waals surface area contributed by atoms with Crippen molar-refractivity contribution < 1.29 is 13.2 Å². The van der Waals surface area contributed by atoms with Crippen LogP contribution in [0.4, 0.5) is 13.2 Å². The zero-order chi connectivity index (χ0) is 14.8. The third kappa shape index (κ3) is 2.88. The predicted octanol–water partition coefficient (Wildman–Crippen LogP) is 3.13. The zero-order valence-corrected chi connectivity index (χ0v) is 10.2. The molecule has 0 aliphatic rings. The Morgan fingerprint density at radius 2 is 1.75 bits per heavy atom. The maximum Gasteiger partial charge on any atom is 0.416 e. The molecule has 1 aromatic carbocycles. The molecule has 0 aliphatic heterocycles. The minimum Gasteiger partial charge on any atom is -0.325 e. The van der Waals surface area contributed by atoms with Crippen LogP contribution in [0.3, 0.4) is 0 Å². The molecule has 0 aliphatic carbocycles. The third-order valence-corrected chi connectivity index (χ3v) is 2.76. The smallest absolute Gasteiger partial charge is 0.325 e. The van der Waals surface area contributed by atoms with Gasteiger partial charge in [-0.15, -0.1) is 0 Å². The van der Waals surface area contributed by atoms with Crippen molar-refractivity contribution in [3.8, 4) is 17.2 Å². The number of H-pyrrole nitrogens is 1. The summed E-state index contributed by atoms with van der Waals surface area (Å²) < 4.78 is 37.3. The minimum atomic E-state index is -4.40. The lowest BCUT2D eigenvalue weighted by molar-refractivity contribution is -0.137. The fourth-order valence-corrected chi connectivity index (χ4v) is 1.77. The second-order valence-corrected chi connectivity index (χ2v) is 4.14. The molecule has 0 atom stereocenters. The van der Waals surface area contributed by atoms with Gasteiger partial charge in [0.15, 0.2) is 0 Å². The van der Waals surface area contributed by atoms with E-state index < -0.39 is 17.3 Å². The highest BCUT2D eigenvalue weighted by molar-refractivity contribution is 5.62. The van der Waals surface area contributed by atoms with E-state index in [1.807, 2.05) is 6.07 Å². The summed E-state index contributed by atoms with van der Waals surface area (Å²) in [6.45, 7) is 0. The summed E-state index contributed by atoms with van der Waals surface area (Å²) in [6, 6.07) is 9.31. The van der Waals surface area contributed by atoms with Crippen LogP contribution in [0.5, 0.6) is 0 Å². The third-order valence-electron chi connectivity index (χ3n) is 2.76. The van der Waals surface area contributed by atoms with Gasteiger partial charge < -0.3 is 4.98 Å². The second kappa shape index (κ2) is 5.21. The van der Waals surface area contributed by atoms with Crippen LogP contribution in [0, 0.1) is 11.3 Å². The molecule has 0 fully saturated rings. The van der Waals surface area contributed by atoms with Gasteiger partial charge in [0.2, 0.25) is 0 Å². The van der Waals surface area contributed by atoms with E-state index in [4.69, 9.17) is 5.26 Å². The van der Waals surface area contributed by atoms with Crippen LogP contribution in [0.2, 0.25) is 0 Å². The summed E-state index contributed by atoms with van der Waals surface area (Å²) in [5, 5.41) is 8.53. The molecule has 2 aromatic rings. The number of hydrogen-bond donors (Lipinski definition) is 1. The SMILES string of the molecule is N#CCc1ccc(-c2ccc(C(F)(F)F)cc2)c(=O)[nH]1. The highest BCUT2D eigenvalue weighted by atomic mass is 19.4. The van der Waals surface area contributed by atoms with E-state index in [0.29, 0.717) is 11.3 Å². The van der Waals surface area contributed by atoms with Gasteiger partial charge in [-0.2, -0.15) is 18.4 Å². The summed E-state index contributed by atoms with van der Waals surface area (Å²) in [4.78, 5) is 14.3. The molecule has 0 radical (unpaired) electrons. The van der Waals surface area contributed by atoms with E-state index in [1.165, 1.54) is 18.2 Å². The summed E-state index contributed by atoms with van der Waals surface area (Å²) in [5.74, 6) is 0. The van der Waals surface area contributed by atoms with Crippen LogP contribution in [0.25, 0.3) is 11.1 Å². The number of benzene rings is 1. The largest absolute Gasteiger partial charge is 0.416 e. The fraction of sp³-hybridized carbons (Fsp3) is 0.143. The lowest BCUT2D eigenvalue weighted by Gasteiger charge is -2.07. The van der Waals surface area contributed by atoms with E-state index in [2.05, 4.69) is 4.98 Å². The molecule has 0 bridgehead atoms. The van der Waals surface area contributed by atoms with Crippen molar-refractivity contribution in [3.63, 3.8) is 0 Å². The topological polar surface area (TPSA) is 56.6 Å². The molecule has 1 heterocycles. The van der Waals surface area contributed by atoms with Crippen molar-refractivity contribution in [3.05, 3.63) is 58.0 Å². The number of halogens is 3. The fourth-order valence-electron chi connectivity index (χ4n) is 1.77. The molecule has 0 saturated heterocycles. The van der Waals surface area contributed by atoms with Crippen molar-refractivity contribution >= 4 is 0 Å². The highest BCUT2D eigenvalue weighted by Crippen LogP contribution is 2.30. The number of hydrogen-bond acceptors (Lipinski definition) is 2. The molecule has 0 spiro atoms. The zero-order valence-electron chi connectivity index (χ0n) is 10.2. The standard InChI is InChI=1S/C14H9F3N2O/c15-14(16,17)10-3-1-9(2-4-10)12-6-5-11(7-8-18)19-13(12)20/h1-6H,7H2,(H,19,20). The Labute approximate surface area is 112 Å². The Bertz CT molecular complexity index is 709. The summed E-state index contributed by atoms with van der Waals surface area (Å²) in [5.41, 5.74) is -0.0763. The quantitative estimate of drug-likeness (QED) is 0.917. The van der Waals surface area contributed by atoms with Gasteiger partial charge in [-0.05, 0) is 29.8 Å². The number of nitrogens with zero attached hydrogens (tertiary/aromatic N) is 1. The molecule has 102 valence electrons. The first-order chi connectivity index (χ1) is 9.41. The number of nitriles is 1. The van der Waals surface area contributed by atoms with Crippen LogP contribution in [0.1, 0.15) is 11.3 Å². The minimum absolute atomic E-state index is 0.0720. The molecule has 0 saturated carbocycles. The average Bonchev–Trinajstić information content (AvgIpc) is 2.38.